The molecular formula is C19H25N3O. The van der Waals surface area contributed by atoms with Gasteiger partial charge in [-0.3, -0.25) is 14.7 Å². The Bertz CT molecular complexity index is 626. The van der Waals surface area contributed by atoms with E-state index in [-0.39, 0.29) is 11.9 Å². The maximum atomic E-state index is 12.6. The minimum atomic E-state index is -0.258. The zero-order valence-corrected chi connectivity index (χ0v) is 14.1. The molecule has 2 rings (SSSR count). The van der Waals surface area contributed by atoms with Gasteiger partial charge >= 0.3 is 0 Å². The number of likely N-dealkylation sites (N-methyl/N-ethyl adjacent to an activating group) is 1. The molecule has 4 heteroatoms. The van der Waals surface area contributed by atoms with Crippen molar-refractivity contribution in [1.82, 2.24) is 15.2 Å². The summed E-state index contributed by atoms with van der Waals surface area (Å²) in [6.45, 7) is 2.70. The quantitative estimate of drug-likeness (QED) is 0.800. The van der Waals surface area contributed by atoms with E-state index in [1.807, 2.05) is 68.4 Å². The highest BCUT2D eigenvalue weighted by Gasteiger charge is 2.23. The van der Waals surface area contributed by atoms with Gasteiger partial charge in [-0.1, -0.05) is 30.3 Å². The zero-order chi connectivity index (χ0) is 16.7. The number of pyridine rings is 1. The molecule has 1 aromatic heterocycles. The summed E-state index contributed by atoms with van der Waals surface area (Å²) in [5.74, 6) is 0.0466. The van der Waals surface area contributed by atoms with Crippen LogP contribution >= 0.6 is 0 Å². The number of hydrogen-bond acceptors (Lipinski definition) is 3. The second-order valence-corrected chi connectivity index (χ2v) is 5.94. The van der Waals surface area contributed by atoms with Gasteiger partial charge in [0, 0.05) is 18.4 Å². The van der Waals surface area contributed by atoms with E-state index in [0.29, 0.717) is 6.54 Å². The van der Waals surface area contributed by atoms with E-state index in [1.165, 1.54) is 0 Å². The second kappa shape index (κ2) is 8.44. The number of amides is 1. The van der Waals surface area contributed by atoms with Crippen molar-refractivity contribution in [2.45, 2.75) is 25.8 Å². The van der Waals surface area contributed by atoms with Crippen molar-refractivity contribution in [1.29, 1.82) is 0 Å². The van der Waals surface area contributed by atoms with Gasteiger partial charge in [0.15, 0.2) is 0 Å². The Labute approximate surface area is 138 Å². The molecule has 0 aliphatic carbocycles. The number of nitrogens with one attached hydrogen (secondary N) is 1. The molecular weight excluding hydrogens is 286 g/mol. The van der Waals surface area contributed by atoms with Crippen molar-refractivity contribution in [3.05, 3.63) is 65.5 Å². The average Bonchev–Trinajstić information content (AvgIpc) is 2.54. The summed E-state index contributed by atoms with van der Waals surface area (Å²) in [6.07, 6.45) is 3.56. The van der Waals surface area contributed by atoms with Crippen LogP contribution in [0.2, 0.25) is 0 Å². The number of aryl methyl sites for hydroxylation is 2. The molecule has 23 heavy (non-hydrogen) atoms. The van der Waals surface area contributed by atoms with Crippen molar-refractivity contribution < 1.29 is 4.79 Å². The van der Waals surface area contributed by atoms with Crippen LogP contribution in [-0.4, -0.2) is 36.4 Å². The van der Waals surface area contributed by atoms with Gasteiger partial charge in [-0.25, -0.2) is 0 Å². The molecule has 0 aliphatic rings. The first-order valence-electron chi connectivity index (χ1n) is 7.99. The van der Waals surface area contributed by atoms with Gasteiger partial charge in [0.1, 0.15) is 6.04 Å². The van der Waals surface area contributed by atoms with Gasteiger partial charge < -0.3 is 5.32 Å². The standard InChI is InChI=1S/C19H25N3O/c1-15-9-4-5-12-17(15)18(22(2)3)19(23)21-14-8-11-16-10-6-7-13-20-16/h4-7,9-10,12-13,18H,8,11,14H2,1-3H3,(H,21,23). The third-order valence-electron chi connectivity index (χ3n) is 3.88. The number of carbonyl (C=O) groups excluding carboxylic acids is 1. The lowest BCUT2D eigenvalue weighted by atomic mass is 10.00. The summed E-state index contributed by atoms with van der Waals surface area (Å²) in [4.78, 5) is 18.8. The van der Waals surface area contributed by atoms with Crippen molar-refractivity contribution in [3.63, 3.8) is 0 Å². The van der Waals surface area contributed by atoms with Crippen LogP contribution in [0.5, 0.6) is 0 Å². The molecule has 0 radical (unpaired) electrons. The summed E-state index contributed by atoms with van der Waals surface area (Å²) in [5, 5.41) is 3.05. The first-order valence-corrected chi connectivity index (χ1v) is 7.99. The predicted octanol–water partition coefficient (Wildman–Crippen LogP) is 2.74. The van der Waals surface area contributed by atoms with Gasteiger partial charge in [-0.05, 0) is 57.1 Å². The number of rotatable bonds is 7. The highest BCUT2D eigenvalue weighted by atomic mass is 16.2. The summed E-state index contributed by atoms with van der Waals surface area (Å²) >= 11 is 0. The fraction of sp³-hybridized carbons (Fsp3) is 0.368. The summed E-state index contributed by atoms with van der Waals surface area (Å²) in [7, 11) is 3.87. The lowest BCUT2D eigenvalue weighted by Crippen LogP contribution is -2.37. The lowest BCUT2D eigenvalue weighted by molar-refractivity contribution is -0.125. The number of benzene rings is 1. The van der Waals surface area contributed by atoms with Crippen molar-refractivity contribution >= 4 is 5.91 Å². The van der Waals surface area contributed by atoms with Gasteiger partial charge in [-0.15, -0.1) is 0 Å². The van der Waals surface area contributed by atoms with E-state index in [2.05, 4.69) is 10.3 Å². The van der Waals surface area contributed by atoms with Crippen molar-refractivity contribution in [2.24, 2.45) is 0 Å². The molecule has 1 unspecified atom stereocenters. The number of hydrogen-bond donors (Lipinski definition) is 1. The third kappa shape index (κ3) is 4.89. The fourth-order valence-electron chi connectivity index (χ4n) is 2.67. The summed E-state index contributed by atoms with van der Waals surface area (Å²) < 4.78 is 0. The van der Waals surface area contributed by atoms with E-state index in [0.717, 1.165) is 29.7 Å². The Morgan fingerprint density at radius 3 is 2.57 bits per heavy atom. The minimum Gasteiger partial charge on any atom is -0.354 e. The number of aromatic nitrogens is 1. The van der Waals surface area contributed by atoms with Gasteiger partial charge in [0.2, 0.25) is 5.91 Å². The molecule has 0 spiro atoms. The van der Waals surface area contributed by atoms with E-state index in [1.54, 1.807) is 6.20 Å². The second-order valence-electron chi connectivity index (χ2n) is 5.94. The molecule has 0 fully saturated rings. The van der Waals surface area contributed by atoms with E-state index in [4.69, 9.17) is 0 Å². The topological polar surface area (TPSA) is 45.2 Å². The molecule has 0 saturated heterocycles. The Balaban J connectivity index is 1.91. The maximum Gasteiger partial charge on any atom is 0.241 e. The number of carbonyl (C=O) groups is 1. The first kappa shape index (κ1) is 17.2. The Morgan fingerprint density at radius 1 is 1.17 bits per heavy atom. The van der Waals surface area contributed by atoms with Gasteiger partial charge in [0.25, 0.3) is 0 Å². The molecule has 0 aliphatic heterocycles. The van der Waals surface area contributed by atoms with E-state index >= 15 is 0 Å². The van der Waals surface area contributed by atoms with Crippen LogP contribution in [-0.2, 0) is 11.2 Å². The molecule has 1 aromatic carbocycles. The van der Waals surface area contributed by atoms with Crippen LogP contribution in [0.1, 0.15) is 29.3 Å². The van der Waals surface area contributed by atoms with Crippen LogP contribution in [0.25, 0.3) is 0 Å². The highest BCUT2D eigenvalue weighted by Crippen LogP contribution is 2.21. The molecule has 2 aromatic rings. The van der Waals surface area contributed by atoms with Crippen LogP contribution < -0.4 is 5.32 Å². The summed E-state index contributed by atoms with van der Waals surface area (Å²) in [6, 6.07) is 13.7. The monoisotopic (exact) mass is 311 g/mol. The van der Waals surface area contributed by atoms with E-state index < -0.39 is 0 Å². The largest absolute Gasteiger partial charge is 0.354 e. The molecule has 1 atom stereocenters. The Morgan fingerprint density at radius 2 is 1.91 bits per heavy atom. The van der Waals surface area contributed by atoms with Crippen molar-refractivity contribution in [3.8, 4) is 0 Å². The molecule has 1 heterocycles. The van der Waals surface area contributed by atoms with Crippen LogP contribution in [0.15, 0.2) is 48.7 Å². The molecule has 1 N–H and O–H groups in total. The normalized spacial score (nSPS) is 12.2. The van der Waals surface area contributed by atoms with Gasteiger partial charge in [-0.2, -0.15) is 0 Å². The molecule has 0 saturated carbocycles. The number of nitrogens with zero attached hydrogens (tertiary/aromatic N) is 2. The third-order valence-corrected chi connectivity index (χ3v) is 3.88. The van der Waals surface area contributed by atoms with Crippen LogP contribution in [0, 0.1) is 6.92 Å². The Hall–Kier alpha value is -2.20. The fourth-order valence-corrected chi connectivity index (χ4v) is 2.67. The first-order chi connectivity index (χ1) is 11.1. The highest BCUT2D eigenvalue weighted by molar-refractivity contribution is 5.83. The van der Waals surface area contributed by atoms with Crippen molar-refractivity contribution in [2.75, 3.05) is 20.6 Å². The van der Waals surface area contributed by atoms with Gasteiger partial charge in [0.05, 0.1) is 0 Å². The Kier molecular flexibility index (Phi) is 6.29. The molecule has 0 bridgehead atoms. The lowest BCUT2D eigenvalue weighted by Gasteiger charge is -2.25. The molecule has 122 valence electrons. The molecule has 4 nitrogen and oxygen atoms in total. The predicted molar refractivity (Wildman–Crippen MR) is 93.2 cm³/mol. The summed E-state index contributed by atoms with van der Waals surface area (Å²) in [5.41, 5.74) is 3.25. The SMILES string of the molecule is Cc1ccccc1C(C(=O)NCCCc1ccccn1)N(C)C. The van der Waals surface area contributed by atoms with E-state index in [9.17, 15) is 4.79 Å². The van der Waals surface area contributed by atoms with Crippen LogP contribution in [0.4, 0.5) is 0 Å². The minimum absolute atomic E-state index is 0.0466. The van der Waals surface area contributed by atoms with Crippen LogP contribution in [0.3, 0.4) is 0 Å². The smallest absolute Gasteiger partial charge is 0.241 e. The molecule has 1 amide bonds. The maximum absolute atomic E-state index is 12.6. The zero-order valence-electron chi connectivity index (χ0n) is 14.1. The average molecular weight is 311 g/mol.